The predicted molar refractivity (Wildman–Crippen MR) is 127 cm³/mol. The van der Waals surface area contributed by atoms with Gasteiger partial charge in [0.2, 0.25) is 10.0 Å². The molecule has 0 spiro atoms. The van der Waals surface area contributed by atoms with E-state index in [-0.39, 0.29) is 5.15 Å². The Morgan fingerprint density at radius 3 is 2.53 bits per heavy atom. The van der Waals surface area contributed by atoms with Gasteiger partial charge in [0.1, 0.15) is 6.54 Å². The van der Waals surface area contributed by atoms with Crippen LogP contribution >= 0.6 is 23.2 Å². The number of aromatic nitrogens is 2. The average molecular weight is 494 g/mol. The molecule has 0 atom stereocenters. The van der Waals surface area contributed by atoms with E-state index in [4.69, 9.17) is 23.2 Å². The van der Waals surface area contributed by atoms with Gasteiger partial charge in [0.05, 0.1) is 35.1 Å². The van der Waals surface area contributed by atoms with Crippen molar-refractivity contribution in [3.63, 3.8) is 0 Å². The molecule has 168 valence electrons. The maximum absolute atomic E-state index is 12.4. The Hall–Kier alpha value is -2.88. The molecule has 3 aromatic rings. The minimum absolute atomic E-state index is 0.219. The highest BCUT2D eigenvalue weighted by atomic mass is 35.5. The van der Waals surface area contributed by atoms with Gasteiger partial charge in [-0.15, -0.1) is 0 Å². The molecule has 8 nitrogen and oxygen atoms in total. The van der Waals surface area contributed by atoms with Crippen LogP contribution in [0.2, 0.25) is 10.2 Å². The van der Waals surface area contributed by atoms with Crippen LogP contribution in [-0.2, 0) is 14.8 Å². The lowest BCUT2D eigenvalue weighted by molar-refractivity contribution is -0.119. The van der Waals surface area contributed by atoms with Crippen LogP contribution in [-0.4, -0.2) is 43.1 Å². The van der Waals surface area contributed by atoms with Crippen LogP contribution in [0.5, 0.6) is 0 Å². The van der Waals surface area contributed by atoms with Crippen LogP contribution in [0.1, 0.15) is 16.8 Å². The first-order chi connectivity index (χ1) is 15.1. The first-order valence-electron chi connectivity index (χ1n) is 9.44. The molecule has 1 amide bonds. The van der Waals surface area contributed by atoms with Crippen molar-refractivity contribution in [3.05, 3.63) is 75.5 Å². The van der Waals surface area contributed by atoms with Crippen molar-refractivity contribution >= 4 is 51.0 Å². The second-order valence-electron chi connectivity index (χ2n) is 7.03. The van der Waals surface area contributed by atoms with Crippen molar-refractivity contribution in [2.45, 2.75) is 13.8 Å². The summed E-state index contributed by atoms with van der Waals surface area (Å²) in [4.78, 5) is 12.4. The molecule has 0 fully saturated rings. The quantitative estimate of drug-likeness (QED) is 0.400. The van der Waals surface area contributed by atoms with Crippen LogP contribution in [0.15, 0.2) is 53.6 Å². The molecular formula is C21H21Cl2N5O3S. The summed E-state index contributed by atoms with van der Waals surface area (Å²) < 4.78 is 27.2. The topological polar surface area (TPSA) is 96.7 Å². The van der Waals surface area contributed by atoms with Crippen LogP contribution in [0.4, 0.5) is 5.69 Å². The average Bonchev–Trinajstić information content (AvgIpc) is 3.02. The standard InChI is InChI=1S/C21H21Cl2N5O3S/c1-14-9-10-16(22)11-19(14)27(32(3,30)31)13-20(29)25-24-12-18-15(2)28(26-21(18)23)17-7-5-4-6-8-17/h4-12H,13H2,1-3H3,(H,25,29)/b24-12-. The molecule has 32 heavy (non-hydrogen) atoms. The van der Waals surface area contributed by atoms with E-state index in [2.05, 4.69) is 15.6 Å². The number of rotatable bonds is 7. The number of hydrazone groups is 1. The van der Waals surface area contributed by atoms with Gasteiger partial charge in [0.25, 0.3) is 5.91 Å². The summed E-state index contributed by atoms with van der Waals surface area (Å²) in [7, 11) is -3.74. The highest BCUT2D eigenvalue weighted by molar-refractivity contribution is 7.92. The number of carbonyl (C=O) groups is 1. The SMILES string of the molecule is Cc1ccc(Cl)cc1N(CC(=O)N/N=C\c1c(Cl)nn(-c2ccccc2)c1C)S(C)(=O)=O. The second-order valence-corrected chi connectivity index (χ2v) is 9.73. The van der Waals surface area contributed by atoms with Crippen LogP contribution in [0, 0.1) is 13.8 Å². The van der Waals surface area contributed by atoms with Gasteiger partial charge >= 0.3 is 0 Å². The molecule has 3 rings (SSSR count). The number of halogens is 2. The number of carbonyl (C=O) groups excluding carboxylic acids is 1. The molecule has 0 aliphatic heterocycles. The minimum atomic E-state index is -3.74. The molecular weight excluding hydrogens is 473 g/mol. The maximum Gasteiger partial charge on any atom is 0.260 e. The van der Waals surface area contributed by atoms with E-state index in [0.717, 1.165) is 21.9 Å². The van der Waals surface area contributed by atoms with E-state index in [1.807, 2.05) is 37.3 Å². The predicted octanol–water partition coefficient (Wildman–Crippen LogP) is 3.71. The van der Waals surface area contributed by atoms with Crippen molar-refractivity contribution in [2.75, 3.05) is 17.1 Å². The Bertz CT molecular complexity index is 1270. The Morgan fingerprint density at radius 1 is 1.19 bits per heavy atom. The lowest BCUT2D eigenvalue weighted by atomic mass is 10.2. The van der Waals surface area contributed by atoms with Gasteiger partial charge in [0, 0.05) is 5.02 Å². The van der Waals surface area contributed by atoms with Crippen molar-refractivity contribution in [1.29, 1.82) is 0 Å². The third-order valence-electron chi connectivity index (χ3n) is 4.63. The molecule has 0 bridgehead atoms. The van der Waals surface area contributed by atoms with Gasteiger partial charge < -0.3 is 0 Å². The van der Waals surface area contributed by atoms with Crippen molar-refractivity contribution in [3.8, 4) is 5.69 Å². The van der Waals surface area contributed by atoms with E-state index in [1.165, 1.54) is 12.3 Å². The molecule has 11 heteroatoms. The Labute approximate surface area is 196 Å². The number of nitrogens with zero attached hydrogens (tertiary/aromatic N) is 4. The van der Waals surface area contributed by atoms with Gasteiger partial charge in [-0.05, 0) is 43.7 Å². The monoisotopic (exact) mass is 493 g/mol. The largest absolute Gasteiger partial charge is 0.271 e. The smallest absolute Gasteiger partial charge is 0.260 e. The third-order valence-corrected chi connectivity index (χ3v) is 6.27. The summed E-state index contributed by atoms with van der Waals surface area (Å²) in [5.41, 5.74) is 5.40. The molecule has 2 aromatic carbocycles. The number of benzene rings is 2. The summed E-state index contributed by atoms with van der Waals surface area (Å²) in [6.45, 7) is 3.09. The van der Waals surface area contributed by atoms with Gasteiger partial charge in [-0.1, -0.05) is 47.5 Å². The fourth-order valence-electron chi connectivity index (χ4n) is 3.01. The first kappa shape index (κ1) is 23.8. The number of amides is 1. The Morgan fingerprint density at radius 2 is 1.88 bits per heavy atom. The molecule has 0 saturated heterocycles. The zero-order valence-electron chi connectivity index (χ0n) is 17.6. The van der Waals surface area contributed by atoms with E-state index in [9.17, 15) is 13.2 Å². The van der Waals surface area contributed by atoms with Crippen molar-refractivity contribution in [2.24, 2.45) is 5.10 Å². The fourth-order valence-corrected chi connectivity index (χ4v) is 4.35. The number of hydrogen-bond donors (Lipinski definition) is 1. The molecule has 1 heterocycles. The third kappa shape index (κ3) is 5.48. The molecule has 0 saturated carbocycles. The van der Waals surface area contributed by atoms with E-state index in [0.29, 0.717) is 21.8 Å². The molecule has 0 unspecified atom stereocenters. The number of aryl methyl sites for hydroxylation is 1. The zero-order chi connectivity index (χ0) is 23.5. The molecule has 1 N–H and O–H groups in total. The second kappa shape index (κ2) is 9.72. The summed E-state index contributed by atoms with van der Waals surface area (Å²) >= 11 is 12.2. The van der Waals surface area contributed by atoms with Gasteiger partial charge in [-0.25, -0.2) is 18.5 Å². The molecule has 0 aliphatic carbocycles. The summed E-state index contributed by atoms with van der Waals surface area (Å²) in [5.74, 6) is -0.629. The van der Waals surface area contributed by atoms with Crippen LogP contribution in [0.25, 0.3) is 5.69 Å². The first-order valence-corrected chi connectivity index (χ1v) is 12.0. The number of para-hydroxylation sites is 1. The van der Waals surface area contributed by atoms with E-state index in [1.54, 1.807) is 23.7 Å². The number of hydrogen-bond acceptors (Lipinski definition) is 5. The fraction of sp³-hybridized carbons (Fsp3) is 0.190. The summed E-state index contributed by atoms with van der Waals surface area (Å²) in [6.07, 6.45) is 2.39. The normalized spacial score (nSPS) is 11.7. The van der Waals surface area contributed by atoms with Gasteiger partial charge in [-0.2, -0.15) is 10.2 Å². The number of nitrogens with one attached hydrogen (secondary N) is 1. The Balaban J connectivity index is 1.76. The van der Waals surface area contributed by atoms with E-state index < -0.39 is 22.5 Å². The summed E-state index contributed by atoms with van der Waals surface area (Å²) in [6, 6.07) is 14.3. The van der Waals surface area contributed by atoms with Crippen molar-refractivity contribution in [1.82, 2.24) is 15.2 Å². The zero-order valence-corrected chi connectivity index (χ0v) is 19.9. The highest BCUT2D eigenvalue weighted by Gasteiger charge is 2.22. The Kier molecular flexibility index (Phi) is 7.22. The number of sulfonamides is 1. The molecule has 1 aromatic heterocycles. The lowest BCUT2D eigenvalue weighted by Crippen LogP contribution is -2.39. The maximum atomic E-state index is 12.4. The minimum Gasteiger partial charge on any atom is -0.271 e. The van der Waals surface area contributed by atoms with Crippen LogP contribution in [0.3, 0.4) is 0 Å². The highest BCUT2D eigenvalue weighted by Crippen LogP contribution is 2.26. The summed E-state index contributed by atoms with van der Waals surface area (Å²) in [5, 5.41) is 8.80. The van der Waals surface area contributed by atoms with Gasteiger partial charge in [0.15, 0.2) is 5.15 Å². The number of anilines is 1. The van der Waals surface area contributed by atoms with Gasteiger partial charge in [-0.3, -0.25) is 9.10 Å². The molecule has 0 aliphatic rings. The molecule has 0 radical (unpaired) electrons. The van der Waals surface area contributed by atoms with Crippen LogP contribution < -0.4 is 9.73 Å². The lowest BCUT2D eigenvalue weighted by Gasteiger charge is -2.23. The van der Waals surface area contributed by atoms with E-state index >= 15 is 0 Å². The van der Waals surface area contributed by atoms with Crippen molar-refractivity contribution < 1.29 is 13.2 Å².